The molecular weight excluding hydrogens is 257 g/mol. The highest BCUT2D eigenvalue weighted by Crippen LogP contribution is 2.29. The van der Waals surface area contributed by atoms with Crippen LogP contribution < -0.4 is 4.90 Å². The number of carbonyl (C=O) groups excluding carboxylic acids is 1. The molecule has 4 nitrogen and oxygen atoms in total. The average molecular weight is 269 g/mol. The number of aromatic nitrogens is 2. The highest BCUT2D eigenvalue weighted by molar-refractivity contribution is 5.96. The Bertz CT molecular complexity index is 764. The van der Waals surface area contributed by atoms with Gasteiger partial charge in [-0.05, 0) is 42.5 Å². The SMILES string of the molecule is CN(C=O)c1ccc2[nH]nc(-c3ccc(F)cc3)c2c1. The quantitative estimate of drug-likeness (QED) is 0.743. The molecule has 3 aromatic rings. The lowest BCUT2D eigenvalue weighted by molar-refractivity contribution is -0.107. The van der Waals surface area contributed by atoms with Crippen molar-refractivity contribution >= 4 is 23.0 Å². The number of rotatable bonds is 3. The lowest BCUT2D eigenvalue weighted by atomic mass is 10.1. The molecule has 1 amide bonds. The lowest BCUT2D eigenvalue weighted by Gasteiger charge is -2.10. The summed E-state index contributed by atoms with van der Waals surface area (Å²) in [6, 6.07) is 11.7. The molecule has 0 atom stereocenters. The van der Waals surface area contributed by atoms with Crippen molar-refractivity contribution in [1.82, 2.24) is 10.2 Å². The summed E-state index contributed by atoms with van der Waals surface area (Å²) < 4.78 is 13.0. The first kappa shape index (κ1) is 12.3. The van der Waals surface area contributed by atoms with E-state index in [1.807, 2.05) is 18.2 Å². The summed E-state index contributed by atoms with van der Waals surface area (Å²) >= 11 is 0. The van der Waals surface area contributed by atoms with E-state index >= 15 is 0 Å². The highest BCUT2D eigenvalue weighted by Gasteiger charge is 2.10. The number of amides is 1. The van der Waals surface area contributed by atoms with E-state index in [-0.39, 0.29) is 5.82 Å². The van der Waals surface area contributed by atoms with Crippen LogP contribution in [0.1, 0.15) is 0 Å². The van der Waals surface area contributed by atoms with Crippen molar-refractivity contribution in [3.8, 4) is 11.3 Å². The number of H-pyrrole nitrogens is 1. The summed E-state index contributed by atoms with van der Waals surface area (Å²) in [5, 5.41) is 8.09. The first-order valence-electron chi connectivity index (χ1n) is 6.11. The Balaban J connectivity index is 2.16. The van der Waals surface area contributed by atoms with Crippen molar-refractivity contribution in [2.75, 3.05) is 11.9 Å². The number of nitrogens with zero attached hydrogens (tertiary/aromatic N) is 2. The maximum Gasteiger partial charge on any atom is 0.213 e. The molecule has 2 aromatic carbocycles. The van der Waals surface area contributed by atoms with Crippen LogP contribution in [-0.4, -0.2) is 23.7 Å². The van der Waals surface area contributed by atoms with Crippen LogP contribution in [0.15, 0.2) is 42.5 Å². The lowest BCUT2D eigenvalue weighted by Crippen LogP contribution is -2.13. The third-order valence-corrected chi connectivity index (χ3v) is 3.23. The topological polar surface area (TPSA) is 49.0 Å². The summed E-state index contributed by atoms with van der Waals surface area (Å²) in [6.45, 7) is 0. The zero-order valence-corrected chi connectivity index (χ0v) is 10.8. The molecule has 0 saturated carbocycles. The molecule has 0 bridgehead atoms. The van der Waals surface area contributed by atoms with Gasteiger partial charge in [-0.25, -0.2) is 4.39 Å². The molecule has 20 heavy (non-hydrogen) atoms. The van der Waals surface area contributed by atoms with Gasteiger partial charge in [-0.3, -0.25) is 9.89 Å². The molecule has 0 radical (unpaired) electrons. The van der Waals surface area contributed by atoms with Crippen molar-refractivity contribution in [2.24, 2.45) is 0 Å². The third-order valence-electron chi connectivity index (χ3n) is 3.23. The fourth-order valence-electron chi connectivity index (χ4n) is 2.11. The third kappa shape index (κ3) is 2.03. The molecule has 1 heterocycles. The van der Waals surface area contributed by atoms with Crippen LogP contribution in [0.5, 0.6) is 0 Å². The van der Waals surface area contributed by atoms with Gasteiger partial charge in [-0.1, -0.05) is 0 Å². The average Bonchev–Trinajstić information content (AvgIpc) is 2.90. The van der Waals surface area contributed by atoms with Crippen molar-refractivity contribution in [3.63, 3.8) is 0 Å². The largest absolute Gasteiger partial charge is 0.318 e. The number of nitrogens with one attached hydrogen (secondary N) is 1. The Kier molecular flexibility index (Phi) is 2.95. The van der Waals surface area contributed by atoms with Crippen molar-refractivity contribution in [2.45, 2.75) is 0 Å². The molecule has 0 aliphatic rings. The Morgan fingerprint density at radius 2 is 1.95 bits per heavy atom. The van der Waals surface area contributed by atoms with Crippen LogP contribution in [0.4, 0.5) is 10.1 Å². The Labute approximate surface area is 114 Å². The number of aromatic amines is 1. The van der Waals surface area contributed by atoms with Gasteiger partial charge < -0.3 is 4.90 Å². The monoisotopic (exact) mass is 269 g/mol. The first-order chi connectivity index (χ1) is 9.69. The second-order valence-electron chi connectivity index (χ2n) is 4.53. The van der Waals surface area contributed by atoms with E-state index in [9.17, 15) is 9.18 Å². The number of carbonyl (C=O) groups is 1. The summed E-state index contributed by atoms with van der Waals surface area (Å²) in [5.41, 5.74) is 3.20. The van der Waals surface area contributed by atoms with Crippen LogP contribution in [-0.2, 0) is 4.79 Å². The van der Waals surface area contributed by atoms with Gasteiger partial charge in [0.15, 0.2) is 0 Å². The number of hydrogen-bond acceptors (Lipinski definition) is 2. The normalized spacial score (nSPS) is 10.7. The highest BCUT2D eigenvalue weighted by atomic mass is 19.1. The van der Waals surface area contributed by atoms with E-state index in [1.54, 1.807) is 19.2 Å². The minimum Gasteiger partial charge on any atom is -0.318 e. The van der Waals surface area contributed by atoms with Gasteiger partial charge in [-0.15, -0.1) is 0 Å². The molecule has 0 fully saturated rings. The molecule has 3 rings (SSSR count). The molecule has 5 heteroatoms. The van der Waals surface area contributed by atoms with E-state index in [4.69, 9.17) is 0 Å². The molecule has 0 unspecified atom stereocenters. The number of anilines is 1. The maximum absolute atomic E-state index is 13.0. The van der Waals surface area contributed by atoms with Crippen molar-refractivity contribution in [3.05, 3.63) is 48.3 Å². The maximum atomic E-state index is 13.0. The standard InChI is InChI=1S/C15H12FN3O/c1-19(9-20)12-6-7-14-13(8-12)15(18-17-14)10-2-4-11(16)5-3-10/h2-9H,1H3,(H,17,18). The van der Waals surface area contributed by atoms with Gasteiger partial charge in [0.1, 0.15) is 5.82 Å². The van der Waals surface area contributed by atoms with E-state index < -0.39 is 0 Å². The van der Waals surface area contributed by atoms with E-state index in [0.717, 1.165) is 34.3 Å². The van der Waals surface area contributed by atoms with Crippen molar-refractivity contribution in [1.29, 1.82) is 0 Å². The van der Waals surface area contributed by atoms with Crippen LogP contribution in [0.25, 0.3) is 22.2 Å². The van der Waals surface area contributed by atoms with Crippen molar-refractivity contribution < 1.29 is 9.18 Å². The number of benzene rings is 2. The van der Waals surface area contributed by atoms with Crippen LogP contribution in [0, 0.1) is 5.82 Å². The molecular formula is C15H12FN3O. The number of fused-ring (bicyclic) bond motifs is 1. The molecule has 0 aliphatic heterocycles. The first-order valence-corrected chi connectivity index (χ1v) is 6.11. The second-order valence-corrected chi connectivity index (χ2v) is 4.53. The predicted octanol–water partition coefficient (Wildman–Crippen LogP) is 2.96. The fraction of sp³-hybridized carbons (Fsp3) is 0.0667. The molecule has 0 saturated heterocycles. The molecule has 0 spiro atoms. The predicted molar refractivity (Wildman–Crippen MR) is 76.0 cm³/mol. The van der Waals surface area contributed by atoms with Crippen LogP contribution in [0.2, 0.25) is 0 Å². The summed E-state index contributed by atoms with van der Waals surface area (Å²) in [4.78, 5) is 12.3. The minimum absolute atomic E-state index is 0.282. The van der Waals surface area contributed by atoms with E-state index in [0.29, 0.717) is 0 Å². The number of halogens is 1. The molecule has 1 aromatic heterocycles. The van der Waals surface area contributed by atoms with Gasteiger partial charge in [0.25, 0.3) is 0 Å². The van der Waals surface area contributed by atoms with Gasteiger partial charge >= 0.3 is 0 Å². The Hall–Kier alpha value is -2.69. The minimum atomic E-state index is -0.282. The molecule has 100 valence electrons. The van der Waals surface area contributed by atoms with Crippen LogP contribution >= 0.6 is 0 Å². The fourth-order valence-corrected chi connectivity index (χ4v) is 2.11. The number of hydrogen-bond donors (Lipinski definition) is 1. The van der Waals surface area contributed by atoms with Gasteiger partial charge in [-0.2, -0.15) is 5.10 Å². The Morgan fingerprint density at radius 3 is 2.65 bits per heavy atom. The van der Waals surface area contributed by atoms with E-state index in [2.05, 4.69) is 10.2 Å². The smallest absolute Gasteiger partial charge is 0.213 e. The zero-order chi connectivity index (χ0) is 14.1. The second kappa shape index (κ2) is 4.77. The van der Waals surface area contributed by atoms with Gasteiger partial charge in [0, 0.05) is 23.7 Å². The molecule has 1 N–H and O–H groups in total. The van der Waals surface area contributed by atoms with E-state index in [1.165, 1.54) is 17.0 Å². The zero-order valence-electron chi connectivity index (χ0n) is 10.8. The summed E-state index contributed by atoms with van der Waals surface area (Å²) in [7, 11) is 1.69. The molecule has 0 aliphatic carbocycles. The van der Waals surface area contributed by atoms with Gasteiger partial charge in [0.2, 0.25) is 6.41 Å². The van der Waals surface area contributed by atoms with Crippen LogP contribution in [0.3, 0.4) is 0 Å². The Morgan fingerprint density at radius 1 is 1.20 bits per heavy atom. The summed E-state index contributed by atoms with van der Waals surface area (Å²) in [5.74, 6) is -0.282. The summed E-state index contributed by atoms with van der Waals surface area (Å²) in [6.07, 6.45) is 0.749. The van der Waals surface area contributed by atoms with Gasteiger partial charge in [0.05, 0.1) is 11.2 Å².